The maximum atomic E-state index is 11.6. The van der Waals surface area contributed by atoms with Crippen LogP contribution in [-0.4, -0.2) is 38.1 Å². The molecule has 6 aromatic rings. The first-order valence-corrected chi connectivity index (χ1v) is 16.5. The lowest BCUT2D eigenvalue weighted by molar-refractivity contribution is 0.0682. The molecule has 0 radical (unpaired) electrons. The topological polar surface area (TPSA) is 191 Å². The van der Waals surface area contributed by atoms with Crippen molar-refractivity contribution in [1.82, 2.24) is 0 Å². The van der Waals surface area contributed by atoms with Crippen LogP contribution in [0.4, 0.5) is 11.4 Å². The minimum atomic E-state index is -1.28. The number of nitrogens with one attached hydrogen (secondary N) is 1. The Hall–Kier alpha value is -6.61. The molecule has 1 aliphatic rings. The highest BCUT2D eigenvalue weighted by Crippen LogP contribution is 2.39. The van der Waals surface area contributed by atoms with E-state index in [9.17, 15) is 30.0 Å². The van der Waals surface area contributed by atoms with Crippen molar-refractivity contribution in [3.63, 3.8) is 0 Å². The van der Waals surface area contributed by atoms with Gasteiger partial charge in [0.15, 0.2) is 0 Å². The van der Waals surface area contributed by atoms with Gasteiger partial charge >= 0.3 is 11.9 Å². The van der Waals surface area contributed by atoms with Crippen molar-refractivity contribution in [2.45, 2.75) is 32.1 Å². The third kappa shape index (κ3) is 7.23. The van der Waals surface area contributed by atoms with Crippen LogP contribution >= 0.6 is 0 Å². The maximum absolute atomic E-state index is 11.6. The summed E-state index contributed by atoms with van der Waals surface area (Å²) in [5.41, 5.74) is 19.2. The molecule has 1 saturated carbocycles. The molecule has 9 heteroatoms. The first-order valence-electron chi connectivity index (χ1n) is 16.5. The van der Waals surface area contributed by atoms with Crippen molar-refractivity contribution in [3.05, 3.63) is 148 Å². The number of allylic oxidation sites excluding steroid dienone is 1. The number of aromatic carboxylic acids is 2. The van der Waals surface area contributed by atoms with Crippen molar-refractivity contribution in [2.24, 2.45) is 0 Å². The number of benzene rings is 6. The smallest absolute Gasteiger partial charge is 0.339 e. The van der Waals surface area contributed by atoms with Crippen molar-refractivity contribution in [3.8, 4) is 11.5 Å². The van der Waals surface area contributed by atoms with E-state index >= 15 is 0 Å². The predicted octanol–water partition coefficient (Wildman–Crippen LogP) is 8.64. The van der Waals surface area contributed by atoms with Crippen molar-refractivity contribution >= 4 is 56.1 Å². The Morgan fingerprint density at radius 3 is 1.37 bits per heavy atom. The van der Waals surface area contributed by atoms with Crippen LogP contribution in [0.15, 0.2) is 115 Å². The summed E-state index contributed by atoms with van der Waals surface area (Å²) in [4.78, 5) is 23.2. The second-order valence-corrected chi connectivity index (χ2v) is 12.6. The number of carboxylic acid groups (broad SMARTS) is 2. The molecule has 0 heterocycles. The van der Waals surface area contributed by atoms with Gasteiger partial charge in [0.2, 0.25) is 0 Å². The summed E-state index contributed by atoms with van der Waals surface area (Å²) in [5.74, 6) is -3.36. The first-order chi connectivity index (χ1) is 24.5. The monoisotopic (exact) mass is 679 g/mol. The van der Waals surface area contributed by atoms with Crippen molar-refractivity contribution < 1.29 is 30.0 Å². The Bertz CT molecular complexity index is 2180. The number of carboxylic acids is 2. The number of carbonyl (C=O) groups is 2. The quantitative estimate of drug-likeness (QED) is 0.0851. The highest BCUT2D eigenvalue weighted by Gasteiger charge is 2.23. The van der Waals surface area contributed by atoms with Gasteiger partial charge in [0.1, 0.15) is 22.6 Å². The molecule has 1 fully saturated rings. The summed E-state index contributed by atoms with van der Waals surface area (Å²) in [7, 11) is 0. The second kappa shape index (κ2) is 14.5. The van der Waals surface area contributed by atoms with Gasteiger partial charge in [-0.05, 0) is 100 Å². The van der Waals surface area contributed by atoms with E-state index in [-0.39, 0.29) is 17.5 Å². The Kier molecular flexibility index (Phi) is 9.72. The van der Waals surface area contributed by atoms with E-state index < -0.39 is 23.4 Å². The van der Waals surface area contributed by atoms with Crippen LogP contribution in [0, 0.1) is 5.41 Å². The Balaban J connectivity index is 0.000000183. The lowest BCUT2D eigenvalue weighted by Crippen LogP contribution is -2.08. The maximum Gasteiger partial charge on any atom is 0.339 e. The normalized spacial score (nSPS) is 12.7. The van der Waals surface area contributed by atoms with Crippen LogP contribution in [-0.2, 0) is 6.42 Å². The van der Waals surface area contributed by atoms with Gasteiger partial charge in [-0.15, -0.1) is 0 Å². The number of rotatable bonds is 6. The zero-order valence-electron chi connectivity index (χ0n) is 27.7. The van der Waals surface area contributed by atoms with Crippen molar-refractivity contribution in [1.29, 1.82) is 5.41 Å². The molecule has 9 N–H and O–H groups in total. The fraction of sp³-hybridized carbons (Fsp3) is 0.119. The third-order valence-electron chi connectivity index (χ3n) is 9.28. The number of fused-ring (bicyclic) bond motifs is 2. The van der Waals surface area contributed by atoms with Crippen LogP contribution < -0.4 is 11.5 Å². The average molecular weight is 680 g/mol. The molecule has 0 unspecified atom stereocenters. The van der Waals surface area contributed by atoms with Gasteiger partial charge in [-0.3, -0.25) is 0 Å². The average Bonchev–Trinajstić information content (AvgIpc) is 3.12. The molecule has 0 atom stereocenters. The van der Waals surface area contributed by atoms with Gasteiger partial charge < -0.3 is 37.3 Å². The molecule has 6 aromatic carbocycles. The van der Waals surface area contributed by atoms with Crippen LogP contribution in [0.1, 0.15) is 68.7 Å². The van der Waals surface area contributed by atoms with Crippen LogP contribution in [0.3, 0.4) is 0 Å². The van der Waals surface area contributed by atoms with Crippen LogP contribution in [0.25, 0.3) is 27.1 Å². The van der Waals surface area contributed by atoms with E-state index in [4.69, 9.17) is 16.9 Å². The summed E-state index contributed by atoms with van der Waals surface area (Å²) in [6.07, 6.45) is 3.61. The van der Waals surface area contributed by atoms with E-state index in [2.05, 4.69) is 24.3 Å². The zero-order valence-corrected chi connectivity index (χ0v) is 27.7. The molecule has 9 nitrogen and oxygen atoms in total. The number of hydrogen-bond donors (Lipinski definition) is 7. The number of nitrogen functional groups attached to an aromatic ring is 2. The van der Waals surface area contributed by atoms with Gasteiger partial charge in [0.05, 0.1) is 0 Å². The molecule has 0 saturated heterocycles. The molecule has 0 spiro atoms. The van der Waals surface area contributed by atoms with Gasteiger partial charge in [0, 0.05) is 34.6 Å². The lowest BCUT2D eigenvalue weighted by atomic mass is 9.84. The number of anilines is 2. The number of aromatic hydroxyl groups is 2. The molecular weight excluding hydrogens is 642 g/mol. The molecule has 7 rings (SSSR count). The Labute approximate surface area is 294 Å². The molecule has 256 valence electrons. The van der Waals surface area contributed by atoms with Crippen molar-refractivity contribution in [2.75, 3.05) is 11.5 Å². The molecular formula is C42H37N3O6. The number of hydrogen-bond acceptors (Lipinski definition) is 7. The largest absolute Gasteiger partial charge is 0.507 e. The zero-order chi connectivity index (χ0) is 36.2. The van der Waals surface area contributed by atoms with Gasteiger partial charge in [-0.25, -0.2) is 9.59 Å². The minimum absolute atomic E-state index is 0.0407. The lowest BCUT2D eigenvalue weighted by Gasteiger charge is -2.21. The fourth-order valence-electron chi connectivity index (χ4n) is 6.66. The first kappa shape index (κ1) is 34.3. The van der Waals surface area contributed by atoms with Gasteiger partial charge in [0.25, 0.3) is 0 Å². The molecule has 1 aliphatic carbocycles. The summed E-state index contributed by atoms with van der Waals surface area (Å²) in [6, 6.07) is 32.9. The highest BCUT2D eigenvalue weighted by molar-refractivity contribution is 6.02. The van der Waals surface area contributed by atoms with E-state index in [0.29, 0.717) is 32.7 Å². The Morgan fingerprint density at radius 2 is 0.980 bits per heavy atom. The van der Waals surface area contributed by atoms with Crippen LogP contribution in [0.5, 0.6) is 11.5 Å². The summed E-state index contributed by atoms with van der Waals surface area (Å²) < 4.78 is 0. The standard InChI is InChI=1S/C23H16O6.C19H21N3/c24-20-16(14-7-3-1-5-12(14)9-18(20)22(26)27)11-17-15-8-4-2-6-13(15)10-19(21(17)25)23(28)29;20-16-7-1-13(2-8-16)19(14-3-9-17(21)10-4-14)15-5-11-18(22)12-6-15/h1-10,24-25H,11H2,(H,26,27)(H,28,29);1-4,7-10,22H,5-6,11-12,20-21H2. The van der Waals surface area contributed by atoms with E-state index in [0.717, 1.165) is 42.8 Å². The third-order valence-corrected chi connectivity index (χ3v) is 9.28. The molecule has 0 amide bonds. The highest BCUT2D eigenvalue weighted by atomic mass is 16.4. The number of phenols is 2. The fourth-order valence-corrected chi connectivity index (χ4v) is 6.66. The molecule has 0 aliphatic heterocycles. The van der Waals surface area contributed by atoms with E-state index in [1.165, 1.54) is 34.4 Å². The molecule has 0 aromatic heterocycles. The van der Waals surface area contributed by atoms with Crippen LogP contribution in [0.2, 0.25) is 0 Å². The van der Waals surface area contributed by atoms with E-state index in [1.54, 1.807) is 48.5 Å². The summed E-state index contributed by atoms with van der Waals surface area (Å²) in [5, 5.41) is 50.6. The minimum Gasteiger partial charge on any atom is -0.507 e. The summed E-state index contributed by atoms with van der Waals surface area (Å²) >= 11 is 0. The molecule has 51 heavy (non-hydrogen) atoms. The second-order valence-electron chi connectivity index (χ2n) is 12.6. The number of nitrogens with two attached hydrogens (primary N) is 2. The van der Waals surface area contributed by atoms with E-state index in [1.807, 2.05) is 24.3 Å². The van der Waals surface area contributed by atoms with Gasteiger partial charge in [-0.1, -0.05) is 78.4 Å². The molecule has 0 bridgehead atoms. The Morgan fingerprint density at radius 1 is 0.588 bits per heavy atom. The predicted molar refractivity (Wildman–Crippen MR) is 202 cm³/mol. The SMILES string of the molecule is N=C1CCC(=C(c2ccc(N)cc2)c2ccc(N)cc2)CC1.O=C(O)c1cc2ccccc2c(Cc2c(O)c(C(=O)O)cc3ccccc23)c1O. The summed E-state index contributed by atoms with van der Waals surface area (Å²) in [6.45, 7) is 0. The van der Waals surface area contributed by atoms with Gasteiger partial charge in [-0.2, -0.15) is 0 Å².